The lowest BCUT2D eigenvalue weighted by atomic mass is 10.1. The minimum Gasteiger partial charge on any atom is -0.351 e. The molecule has 13 heteroatoms. The number of aromatic amines is 1. The van der Waals surface area contributed by atoms with Gasteiger partial charge < -0.3 is 16.8 Å². The SMILES string of the molecule is CCSC1=Nn2nc(CCN)nc2C1(N)Nc1c(-c2ccccc2)[nH]n2nc(CCN)nc12. The summed E-state index contributed by atoms with van der Waals surface area (Å²) in [6.07, 6.45) is 1.11. The third-order valence-electron chi connectivity index (χ3n) is 5.25. The summed E-state index contributed by atoms with van der Waals surface area (Å²) in [6, 6.07) is 9.92. The van der Waals surface area contributed by atoms with Crippen molar-refractivity contribution in [3.8, 4) is 11.3 Å². The van der Waals surface area contributed by atoms with Crippen LogP contribution >= 0.6 is 11.8 Å². The summed E-state index contributed by atoms with van der Waals surface area (Å²) in [5.74, 6) is 2.54. The zero-order valence-corrected chi connectivity index (χ0v) is 19.0. The van der Waals surface area contributed by atoms with Gasteiger partial charge in [-0.05, 0) is 18.8 Å². The van der Waals surface area contributed by atoms with Crippen molar-refractivity contribution in [2.75, 3.05) is 24.2 Å². The molecule has 0 amide bonds. The monoisotopic (exact) mass is 466 g/mol. The lowest BCUT2D eigenvalue weighted by Gasteiger charge is -2.26. The first-order chi connectivity index (χ1) is 16.1. The van der Waals surface area contributed by atoms with E-state index in [1.807, 2.05) is 37.3 Å². The van der Waals surface area contributed by atoms with E-state index in [1.165, 1.54) is 16.6 Å². The van der Waals surface area contributed by atoms with Crippen molar-refractivity contribution in [2.24, 2.45) is 22.3 Å². The van der Waals surface area contributed by atoms with Gasteiger partial charge in [-0.25, -0.2) is 9.97 Å². The molecule has 4 heterocycles. The normalized spacial score (nSPS) is 17.5. The molecular formula is C20H26N12S. The number of rotatable bonds is 8. The number of aromatic nitrogens is 7. The molecule has 0 spiro atoms. The highest BCUT2D eigenvalue weighted by Crippen LogP contribution is 2.37. The number of anilines is 1. The van der Waals surface area contributed by atoms with Crippen molar-refractivity contribution in [3.05, 3.63) is 47.8 Å². The number of nitrogens with one attached hydrogen (secondary N) is 2. The summed E-state index contributed by atoms with van der Waals surface area (Å²) in [5, 5.41) is 21.1. The zero-order valence-electron chi connectivity index (χ0n) is 18.2. The Bertz CT molecular complexity index is 1300. The van der Waals surface area contributed by atoms with Gasteiger partial charge in [0.1, 0.15) is 10.7 Å². The van der Waals surface area contributed by atoms with E-state index in [2.05, 4.69) is 30.7 Å². The first-order valence-electron chi connectivity index (χ1n) is 10.8. The molecule has 8 N–H and O–H groups in total. The molecule has 3 aromatic heterocycles. The summed E-state index contributed by atoms with van der Waals surface area (Å²) in [4.78, 5) is 10.8. The molecule has 12 nitrogen and oxygen atoms in total. The van der Waals surface area contributed by atoms with Crippen molar-refractivity contribution in [2.45, 2.75) is 25.4 Å². The Hall–Kier alpha value is -3.26. The zero-order chi connectivity index (χ0) is 23.0. The quantitative estimate of drug-likeness (QED) is 0.231. The molecule has 0 saturated heterocycles. The largest absolute Gasteiger partial charge is 0.351 e. The van der Waals surface area contributed by atoms with Crippen molar-refractivity contribution in [1.82, 2.24) is 34.7 Å². The van der Waals surface area contributed by atoms with Gasteiger partial charge in [0.2, 0.25) is 5.66 Å². The van der Waals surface area contributed by atoms with Crippen molar-refractivity contribution in [3.63, 3.8) is 0 Å². The second-order valence-electron chi connectivity index (χ2n) is 7.58. The van der Waals surface area contributed by atoms with E-state index in [0.29, 0.717) is 59.8 Å². The van der Waals surface area contributed by atoms with Gasteiger partial charge in [-0.1, -0.05) is 37.3 Å². The van der Waals surface area contributed by atoms with Gasteiger partial charge in [-0.15, -0.1) is 31.9 Å². The maximum absolute atomic E-state index is 7.00. The van der Waals surface area contributed by atoms with Gasteiger partial charge in [0, 0.05) is 18.4 Å². The molecule has 1 aliphatic rings. The second kappa shape index (κ2) is 8.59. The number of thioether (sulfide) groups is 1. The number of fused-ring (bicyclic) bond motifs is 2. The maximum Gasteiger partial charge on any atom is 0.201 e. The maximum atomic E-state index is 7.00. The number of H-pyrrole nitrogens is 1. The third-order valence-corrected chi connectivity index (χ3v) is 6.22. The van der Waals surface area contributed by atoms with Crippen molar-refractivity contribution >= 4 is 28.1 Å². The average Bonchev–Trinajstić information content (AvgIpc) is 3.53. The van der Waals surface area contributed by atoms with Gasteiger partial charge in [0.15, 0.2) is 23.1 Å². The van der Waals surface area contributed by atoms with Gasteiger partial charge in [0.25, 0.3) is 0 Å². The lowest BCUT2D eigenvalue weighted by molar-refractivity contribution is 0.626. The van der Waals surface area contributed by atoms with Gasteiger partial charge >= 0.3 is 0 Å². The number of benzene rings is 1. The van der Waals surface area contributed by atoms with E-state index in [1.54, 1.807) is 4.63 Å². The van der Waals surface area contributed by atoms with Crippen LogP contribution < -0.4 is 22.5 Å². The van der Waals surface area contributed by atoms with E-state index in [-0.39, 0.29) is 0 Å². The van der Waals surface area contributed by atoms with Crippen molar-refractivity contribution < 1.29 is 0 Å². The fourth-order valence-electron chi connectivity index (χ4n) is 3.78. The number of hydrogen-bond donors (Lipinski definition) is 5. The van der Waals surface area contributed by atoms with E-state index >= 15 is 0 Å². The van der Waals surface area contributed by atoms with Crippen LogP contribution in [0.3, 0.4) is 0 Å². The molecule has 1 aliphatic heterocycles. The Balaban J connectivity index is 1.65. The molecule has 0 bridgehead atoms. The minimum atomic E-state index is -1.20. The topological polar surface area (TPSA) is 179 Å². The predicted molar refractivity (Wildman–Crippen MR) is 129 cm³/mol. The average molecular weight is 467 g/mol. The van der Waals surface area contributed by atoms with Gasteiger partial charge in [-0.2, -0.15) is 4.63 Å². The molecule has 0 radical (unpaired) electrons. The fourth-order valence-corrected chi connectivity index (χ4v) is 4.56. The van der Waals surface area contributed by atoms with Crippen LogP contribution in [0.1, 0.15) is 24.4 Å². The Morgan fingerprint density at radius 3 is 2.48 bits per heavy atom. The molecular weight excluding hydrogens is 440 g/mol. The van der Waals surface area contributed by atoms with Crippen LogP contribution in [0.5, 0.6) is 0 Å². The van der Waals surface area contributed by atoms with E-state index in [0.717, 1.165) is 17.0 Å². The summed E-state index contributed by atoms with van der Waals surface area (Å²) >= 11 is 1.54. The van der Waals surface area contributed by atoms with Crippen LogP contribution in [0.4, 0.5) is 5.69 Å². The van der Waals surface area contributed by atoms with Crippen LogP contribution in [0, 0.1) is 0 Å². The van der Waals surface area contributed by atoms with Crippen molar-refractivity contribution in [1.29, 1.82) is 0 Å². The minimum absolute atomic E-state index is 0.439. The molecule has 0 saturated carbocycles. The van der Waals surface area contributed by atoms with Crippen LogP contribution in [0.15, 0.2) is 35.4 Å². The highest BCUT2D eigenvalue weighted by atomic mass is 32.2. The molecule has 172 valence electrons. The van der Waals surface area contributed by atoms with E-state index in [4.69, 9.17) is 22.2 Å². The summed E-state index contributed by atoms with van der Waals surface area (Å²) in [6.45, 7) is 2.94. The molecule has 1 aromatic carbocycles. The Labute approximate surface area is 194 Å². The lowest BCUT2D eigenvalue weighted by Crippen LogP contribution is -2.49. The highest BCUT2D eigenvalue weighted by Gasteiger charge is 2.45. The molecule has 0 aliphatic carbocycles. The van der Waals surface area contributed by atoms with Crippen LogP contribution in [-0.4, -0.2) is 58.6 Å². The Morgan fingerprint density at radius 2 is 1.79 bits per heavy atom. The fraction of sp³-hybridized carbons (Fsp3) is 0.350. The number of hydrogen-bond acceptors (Lipinski definition) is 10. The predicted octanol–water partition coefficient (Wildman–Crippen LogP) is 0.470. The third kappa shape index (κ3) is 3.68. The smallest absolute Gasteiger partial charge is 0.201 e. The summed E-state index contributed by atoms with van der Waals surface area (Å²) < 4.78 is 1.64. The molecule has 5 rings (SSSR count). The molecule has 1 unspecified atom stereocenters. The van der Waals surface area contributed by atoms with Crippen LogP contribution in [0.25, 0.3) is 16.9 Å². The van der Waals surface area contributed by atoms with E-state index in [9.17, 15) is 0 Å². The first kappa shape index (κ1) is 21.6. The van der Waals surface area contributed by atoms with Crippen LogP contribution in [-0.2, 0) is 18.5 Å². The number of nitrogens with zero attached hydrogens (tertiary/aromatic N) is 7. The second-order valence-corrected chi connectivity index (χ2v) is 8.83. The van der Waals surface area contributed by atoms with Gasteiger partial charge in [0.05, 0.1) is 5.69 Å². The Morgan fingerprint density at radius 1 is 1.06 bits per heavy atom. The summed E-state index contributed by atoms with van der Waals surface area (Å²) in [5.41, 5.74) is 20.3. The first-order valence-corrected chi connectivity index (χ1v) is 11.7. The summed E-state index contributed by atoms with van der Waals surface area (Å²) in [7, 11) is 0. The van der Waals surface area contributed by atoms with Crippen LogP contribution in [0.2, 0.25) is 0 Å². The Kier molecular flexibility index (Phi) is 5.62. The molecule has 33 heavy (non-hydrogen) atoms. The number of nitrogens with two attached hydrogens (primary N) is 3. The van der Waals surface area contributed by atoms with E-state index < -0.39 is 5.66 Å². The molecule has 4 aromatic rings. The highest BCUT2D eigenvalue weighted by molar-refractivity contribution is 8.14. The standard InChI is InChI=1S/C20H26N12S/c1-2-33-19-20(23,18-25-14(9-11-22)28-32(18)30-19)26-16-15(12-6-4-3-5-7-12)29-31-17(16)24-13(27-31)8-10-21/h3-7,26,29H,2,8-11,21-23H2,1H3. The molecule has 1 atom stereocenters. The molecule has 0 fully saturated rings. The van der Waals surface area contributed by atoms with Gasteiger partial charge in [-0.3, -0.25) is 10.8 Å².